The molecule has 0 unspecified atom stereocenters. The first-order valence-electron chi connectivity index (χ1n) is 7.54. The predicted molar refractivity (Wildman–Crippen MR) is 87.1 cm³/mol. The van der Waals surface area contributed by atoms with Gasteiger partial charge in [-0.2, -0.15) is 0 Å². The number of benzene rings is 1. The second kappa shape index (κ2) is 6.52. The zero-order valence-corrected chi connectivity index (χ0v) is 12.9. The number of aromatic carboxylic acids is 1. The highest BCUT2D eigenvalue weighted by Gasteiger charge is 2.18. The van der Waals surface area contributed by atoms with Gasteiger partial charge in [-0.3, -0.25) is 4.40 Å². The Labute approximate surface area is 134 Å². The van der Waals surface area contributed by atoms with E-state index >= 15 is 0 Å². The number of rotatable bonds is 6. The molecule has 5 heteroatoms. The van der Waals surface area contributed by atoms with Crippen molar-refractivity contribution in [2.45, 2.75) is 19.8 Å². The molecule has 0 radical (unpaired) electrons. The summed E-state index contributed by atoms with van der Waals surface area (Å²) < 4.78 is 7.27. The normalized spacial score (nSPS) is 10.8. The smallest absolute Gasteiger partial charge is 0.354 e. The third-order valence-corrected chi connectivity index (χ3v) is 3.63. The summed E-state index contributed by atoms with van der Waals surface area (Å²) in [6, 6.07) is 13.3. The second-order valence-corrected chi connectivity index (χ2v) is 5.41. The fourth-order valence-electron chi connectivity index (χ4n) is 2.54. The average molecular weight is 310 g/mol. The van der Waals surface area contributed by atoms with Gasteiger partial charge in [0.25, 0.3) is 0 Å². The van der Waals surface area contributed by atoms with Crippen LogP contribution in [0.25, 0.3) is 5.65 Å². The molecule has 23 heavy (non-hydrogen) atoms. The molecule has 0 aliphatic rings. The maximum atomic E-state index is 11.5. The summed E-state index contributed by atoms with van der Waals surface area (Å²) in [6.07, 6.45) is 3.03. The first kappa shape index (κ1) is 15.1. The molecule has 1 N–H and O–H groups in total. The molecule has 2 aromatic heterocycles. The summed E-state index contributed by atoms with van der Waals surface area (Å²) in [5.74, 6) is -0.142. The molecule has 3 aromatic rings. The Hall–Kier alpha value is -2.82. The Morgan fingerprint density at radius 2 is 2.04 bits per heavy atom. The molecular weight excluding hydrogens is 292 g/mol. The number of carboxylic acid groups (broad SMARTS) is 1. The molecule has 3 rings (SSSR count). The molecule has 0 amide bonds. The zero-order chi connectivity index (χ0) is 16.2. The number of ether oxygens (including phenoxy) is 1. The highest BCUT2D eigenvalue weighted by Crippen LogP contribution is 2.16. The first-order valence-corrected chi connectivity index (χ1v) is 7.54. The molecule has 0 aliphatic heterocycles. The topological polar surface area (TPSA) is 63.8 Å². The standard InChI is InChI=1S/C18H18N2O3/c1-13-9-10-20-16(12-13)19-15(17(20)18(21)22)8-5-11-23-14-6-3-2-4-7-14/h2-4,6-7,9-10,12H,5,8,11H2,1H3,(H,21,22). The van der Waals surface area contributed by atoms with Crippen LogP contribution in [0, 0.1) is 6.92 Å². The van der Waals surface area contributed by atoms with E-state index in [-0.39, 0.29) is 5.69 Å². The van der Waals surface area contributed by atoms with E-state index in [9.17, 15) is 9.90 Å². The Kier molecular flexibility index (Phi) is 4.28. The van der Waals surface area contributed by atoms with Crippen LogP contribution in [0.4, 0.5) is 0 Å². The number of hydrogen-bond acceptors (Lipinski definition) is 3. The van der Waals surface area contributed by atoms with Gasteiger partial charge in [0.05, 0.1) is 12.3 Å². The molecule has 0 aliphatic carbocycles. The lowest BCUT2D eigenvalue weighted by Crippen LogP contribution is -2.07. The van der Waals surface area contributed by atoms with Gasteiger partial charge >= 0.3 is 5.97 Å². The van der Waals surface area contributed by atoms with Crippen LogP contribution in [0.5, 0.6) is 5.75 Å². The summed E-state index contributed by atoms with van der Waals surface area (Å²) in [5, 5.41) is 9.46. The first-order chi connectivity index (χ1) is 11.1. The molecule has 5 nitrogen and oxygen atoms in total. The van der Waals surface area contributed by atoms with Crippen LogP contribution in [-0.2, 0) is 6.42 Å². The van der Waals surface area contributed by atoms with Crippen LogP contribution in [0.1, 0.15) is 28.2 Å². The third-order valence-electron chi connectivity index (χ3n) is 3.63. The van der Waals surface area contributed by atoms with Gasteiger partial charge in [0.2, 0.25) is 0 Å². The summed E-state index contributed by atoms with van der Waals surface area (Å²) in [5.41, 5.74) is 2.55. The lowest BCUT2D eigenvalue weighted by molar-refractivity contribution is 0.0688. The molecule has 0 spiro atoms. The van der Waals surface area contributed by atoms with Crippen LogP contribution in [0.2, 0.25) is 0 Å². The highest BCUT2D eigenvalue weighted by atomic mass is 16.5. The number of aryl methyl sites for hydroxylation is 2. The number of aromatic nitrogens is 2. The van der Waals surface area contributed by atoms with Crippen molar-refractivity contribution in [3.05, 3.63) is 65.6 Å². The quantitative estimate of drug-likeness (QED) is 0.709. The molecule has 1 aromatic carbocycles. The molecule has 0 saturated heterocycles. The second-order valence-electron chi connectivity index (χ2n) is 5.41. The number of carbonyl (C=O) groups is 1. The molecule has 0 fully saturated rings. The van der Waals surface area contributed by atoms with Gasteiger partial charge in [0.1, 0.15) is 11.4 Å². The number of para-hydroxylation sites is 1. The van der Waals surface area contributed by atoms with Crippen LogP contribution in [-0.4, -0.2) is 27.1 Å². The van der Waals surface area contributed by atoms with Gasteiger partial charge in [-0.05, 0) is 49.6 Å². The van der Waals surface area contributed by atoms with Gasteiger partial charge < -0.3 is 9.84 Å². The zero-order valence-electron chi connectivity index (χ0n) is 12.9. The van der Waals surface area contributed by atoms with Crippen LogP contribution in [0.15, 0.2) is 48.7 Å². The van der Waals surface area contributed by atoms with Crippen LogP contribution in [0.3, 0.4) is 0 Å². The average Bonchev–Trinajstić information content (AvgIpc) is 2.90. The molecule has 0 saturated carbocycles. The van der Waals surface area contributed by atoms with Crippen molar-refractivity contribution in [1.29, 1.82) is 0 Å². The van der Waals surface area contributed by atoms with Crippen LogP contribution >= 0.6 is 0 Å². The SMILES string of the molecule is Cc1ccn2c(C(=O)O)c(CCCOc3ccccc3)nc2c1. The lowest BCUT2D eigenvalue weighted by atomic mass is 10.2. The number of imidazole rings is 1. The Morgan fingerprint density at radius 1 is 1.26 bits per heavy atom. The monoisotopic (exact) mass is 310 g/mol. The summed E-state index contributed by atoms with van der Waals surface area (Å²) >= 11 is 0. The minimum Gasteiger partial charge on any atom is -0.494 e. The van der Waals surface area contributed by atoms with E-state index in [1.165, 1.54) is 0 Å². The fraction of sp³-hybridized carbons (Fsp3) is 0.222. The van der Waals surface area contributed by atoms with Crippen molar-refractivity contribution in [3.63, 3.8) is 0 Å². The van der Waals surface area contributed by atoms with Crippen molar-refractivity contribution in [2.75, 3.05) is 6.61 Å². The van der Waals surface area contributed by atoms with E-state index in [1.54, 1.807) is 10.6 Å². The number of carboxylic acids is 1. The van der Waals surface area contributed by atoms with E-state index in [1.807, 2.05) is 49.4 Å². The van der Waals surface area contributed by atoms with E-state index in [4.69, 9.17) is 4.74 Å². The van der Waals surface area contributed by atoms with Crippen molar-refractivity contribution < 1.29 is 14.6 Å². The van der Waals surface area contributed by atoms with Gasteiger partial charge in [-0.25, -0.2) is 9.78 Å². The third kappa shape index (κ3) is 3.34. The largest absolute Gasteiger partial charge is 0.494 e. The van der Waals surface area contributed by atoms with E-state index in [0.717, 1.165) is 11.3 Å². The Balaban J connectivity index is 1.72. The number of nitrogens with zero attached hydrogens (tertiary/aromatic N) is 2. The molecule has 118 valence electrons. The minimum atomic E-state index is -0.958. The molecule has 0 bridgehead atoms. The molecule has 0 atom stereocenters. The van der Waals surface area contributed by atoms with Crippen molar-refractivity contribution in [3.8, 4) is 5.75 Å². The maximum absolute atomic E-state index is 11.5. The Bertz CT molecular complexity index is 825. The van der Waals surface area contributed by atoms with Gasteiger partial charge in [0.15, 0.2) is 5.69 Å². The highest BCUT2D eigenvalue weighted by molar-refractivity contribution is 5.88. The van der Waals surface area contributed by atoms with E-state index in [0.29, 0.717) is 30.8 Å². The summed E-state index contributed by atoms with van der Waals surface area (Å²) in [7, 11) is 0. The molecular formula is C18H18N2O3. The van der Waals surface area contributed by atoms with Gasteiger partial charge in [0, 0.05) is 6.20 Å². The number of pyridine rings is 1. The predicted octanol–water partition coefficient (Wildman–Crippen LogP) is 3.35. The van der Waals surface area contributed by atoms with E-state index < -0.39 is 5.97 Å². The van der Waals surface area contributed by atoms with Gasteiger partial charge in [-0.1, -0.05) is 18.2 Å². The van der Waals surface area contributed by atoms with Gasteiger partial charge in [-0.15, -0.1) is 0 Å². The molecule has 2 heterocycles. The van der Waals surface area contributed by atoms with Crippen molar-refractivity contribution in [1.82, 2.24) is 9.38 Å². The Morgan fingerprint density at radius 3 is 2.78 bits per heavy atom. The van der Waals surface area contributed by atoms with Crippen molar-refractivity contribution in [2.24, 2.45) is 0 Å². The lowest BCUT2D eigenvalue weighted by Gasteiger charge is -2.05. The van der Waals surface area contributed by atoms with Crippen molar-refractivity contribution >= 4 is 11.6 Å². The summed E-state index contributed by atoms with van der Waals surface area (Å²) in [4.78, 5) is 16.0. The summed E-state index contributed by atoms with van der Waals surface area (Å²) in [6.45, 7) is 2.48. The van der Waals surface area contributed by atoms with E-state index in [2.05, 4.69) is 4.98 Å². The maximum Gasteiger partial charge on any atom is 0.354 e. The number of fused-ring (bicyclic) bond motifs is 1. The minimum absolute atomic E-state index is 0.236. The number of hydrogen-bond donors (Lipinski definition) is 1. The fourth-order valence-corrected chi connectivity index (χ4v) is 2.54. The van der Waals surface area contributed by atoms with Crippen LogP contribution < -0.4 is 4.74 Å².